The van der Waals surface area contributed by atoms with Gasteiger partial charge in [0.15, 0.2) is 0 Å². The number of rotatable bonds is 0. The van der Waals surface area contributed by atoms with Crippen LogP contribution in [0.3, 0.4) is 0 Å². The summed E-state index contributed by atoms with van der Waals surface area (Å²) in [6, 6.07) is 0. The summed E-state index contributed by atoms with van der Waals surface area (Å²) in [4.78, 5) is 0. The minimum Gasteiger partial charge on any atom is -0.0848 e. The summed E-state index contributed by atoms with van der Waals surface area (Å²) < 4.78 is 0. The highest BCUT2D eigenvalue weighted by atomic mass is 14.8. The molecule has 0 radical (unpaired) electrons. The van der Waals surface area contributed by atoms with E-state index < -0.39 is 0 Å². The Morgan fingerprint density at radius 3 is 1.84 bits per heavy atom. The maximum absolute atomic E-state index is 2.64. The third kappa shape index (κ3) is 1.39. The monoisotopic (exact) mass is 338 g/mol. The zero-order valence-electron chi connectivity index (χ0n) is 15.9. The van der Waals surface area contributed by atoms with Crippen LogP contribution in [-0.4, -0.2) is 0 Å². The van der Waals surface area contributed by atoms with Crippen molar-refractivity contribution in [3.63, 3.8) is 0 Å². The van der Waals surface area contributed by atoms with Gasteiger partial charge in [-0.1, -0.05) is 47.3 Å². The van der Waals surface area contributed by atoms with Crippen molar-refractivity contribution >= 4 is 0 Å². The fourth-order valence-corrected chi connectivity index (χ4v) is 11.0. The molecule has 0 N–H and O–H groups in total. The lowest BCUT2D eigenvalue weighted by Crippen LogP contribution is -2.47. The van der Waals surface area contributed by atoms with Crippen LogP contribution in [0.5, 0.6) is 0 Å². The summed E-state index contributed by atoms with van der Waals surface area (Å²) >= 11 is 0. The SMILES string of the molecule is C.CC1(C)C2CC(C3C2CC2C4CC(C5C6C=CC(C6)C45)C23)C1(C)C. The largest absolute Gasteiger partial charge is 0.0848 e. The topological polar surface area (TPSA) is 0 Å². The second-order valence-corrected chi connectivity index (χ2v) is 12.3. The van der Waals surface area contributed by atoms with E-state index in [1.807, 2.05) is 0 Å². The van der Waals surface area contributed by atoms with Gasteiger partial charge in [-0.15, -0.1) is 0 Å². The number of allylic oxidation sites excluding steroid dienone is 2. The first kappa shape index (κ1) is 15.8. The molecular weight excluding hydrogens is 300 g/mol. The molecule has 0 aromatic carbocycles. The van der Waals surface area contributed by atoms with Crippen LogP contribution < -0.4 is 0 Å². The molecule has 0 aliphatic heterocycles. The molecule has 0 heterocycles. The van der Waals surface area contributed by atoms with Crippen LogP contribution in [0.1, 0.15) is 60.8 Å². The smallest absolute Gasteiger partial charge is 0.0194 e. The summed E-state index contributed by atoms with van der Waals surface area (Å²) in [7, 11) is 0. The van der Waals surface area contributed by atoms with Gasteiger partial charge in [-0.3, -0.25) is 0 Å². The van der Waals surface area contributed by atoms with E-state index in [1.54, 1.807) is 25.7 Å². The van der Waals surface area contributed by atoms with Crippen LogP contribution in [0.2, 0.25) is 0 Å². The van der Waals surface area contributed by atoms with Gasteiger partial charge >= 0.3 is 0 Å². The summed E-state index contributed by atoms with van der Waals surface area (Å²) in [5, 5.41) is 0. The van der Waals surface area contributed by atoms with E-state index in [4.69, 9.17) is 0 Å². The van der Waals surface area contributed by atoms with Gasteiger partial charge in [-0.05, 0) is 108 Å². The Bertz CT molecular complexity index is 653. The Kier molecular flexibility index (Phi) is 2.68. The van der Waals surface area contributed by atoms with E-state index in [0.29, 0.717) is 10.8 Å². The zero-order chi connectivity index (χ0) is 16.2. The van der Waals surface area contributed by atoms with Gasteiger partial charge in [0.05, 0.1) is 0 Å². The van der Waals surface area contributed by atoms with E-state index >= 15 is 0 Å². The van der Waals surface area contributed by atoms with E-state index in [-0.39, 0.29) is 7.43 Å². The quantitative estimate of drug-likeness (QED) is 0.360. The van der Waals surface area contributed by atoms with E-state index in [9.17, 15) is 0 Å². The van der Waals surface area contributed by atoms with Crippen molar-refractivity contribution in [1.82, 2.24) is 0 Å². The number of fused-ring (bicyclic) bond motifs is 18. The highest BCUT2D eigenvalue weighted by molar-refractivity contribution is 5.26. The highest BCUT2D eigenvalue weighted by Crippen LogP contribution is 2.81. The first-order chi connectivity index (χ1) is 11.4. The fourth-order valence-electron chi connectivity index (χ4n) is 11.0. The molecule has 25 heavy (non-hydrogen) atoms. The van der Waals surface area contributed by atoms with Crippen LogP contribution in [0.15, 0.2) is 12.2 Å². The molecule has 7 aliphatic rings. The summed E-state index contributed by atoms with van der Waals surface area (Å²) in [5.41, 5.74) is 1.15. The third-order valence-electron chi connectivity index (χ3n) is 12.1. The molecule has 12 unspecified atom stereocenters. The molecule has 138 valence electrons. The van der Waals surface area contributed by atoms with Gasteiger partial charge in [0.2, 0.25) is 0 Å². The van der Waals surface area contributed by atoms with E-state index in [0.717, 1.165) is 71.0 Å². The molecule has 0 spiro atoms. The van der Waals surface area contributed by atoms with Gasteiger partial charge in [0, 0.05) is 0 Å². The predicted octanol–water partition coefficient (Wildman–Crippen LogP) is 6.28. The lowest BCUT2D eigenvalue weighted by molar-refractivity contribution is -0.0431. The average molecular weight is 339 g/mol. The van der Waals surface area contributed by atoms with Crippen LogP contribution in [0.4, 0.5) is 0 Å². The molecule has 0 aromatic rings. The van der Waals surface area contributed by atoms with Gasteiger partial charge in [-0.25, -0.2) is 0 Å². The van der Waals surface area contributed by atoms with Crippen molar-refractivity contribution in [3.05, 3.63) is 12.2 Å². The third-order valence-corrected chi connectivity index (χ3v) is 12.1. The van der Waals surface area contributed by atoms with Gasteiger partial charge in [-0.2, -0.15) is 0 Å². The first-order valence-corrected chi connectivity index (χ1v) is 11.1. The summed E-state index contributed by atoms with van der Waals surface area (Å²) in [5.74, 6) is 13.2. The molecule has 6 bridgehead atoms. The van der Waals surface area contributed by atoms with Gasteiger partial charge in [0.25, 0.3) is 0 Å². The minimum absolute atomic E-state index is 0. The number of hydrogen-bond donors (Lipinski definition) is 0. The maximum Gasteiger partial charge on any atom is -0.0194 e. The van der Waals surface area contributed by atoms with E-state index in [1.165, 1.54) is 0 Å². The van der Waals surface area contributed by atoms with E-state index in [2.05, 4.69) is 39.8 Å². The summed E-state index contributed by atoms with van der Waals surface area (Å²) in [6.45, 7) is 10.5. The van der Waals surface area contributed by atoms with Crippen molar-refractivity contribution in [2.75, 3.05) is 0 Å². The molecule has 7 rings (SSSR count). The number of hydrogen-bond acceptors (Lipinski definition) is 0. The van der Waals surface area contributed by atoms with Crippen LogP contribution in [0.25, 0.3) is 0 Å². The van der Waals surface area contributed by atoms with Crippen LogP contribution >= 0.6 is 0 Å². The highest BCUT2D eigenvalue weighted by Gasteiger charge is 2.75. The van der Waals surface area contributed by atoms with Crippen molar-refractivity contribution in [2.45, 2.75) is 60.8 Å². The van der Waals surface area contributed by atoms with Crippen molar-refractivity contribution in [1.29, 1.82) is 0 Å². The second-order valence-electron chi connectivity index (χ2n) is 12.3. The Morgan fingerprint density at radius 1 is 0.560 bits per heavy atom. The maximum atomic E-state index is 2.64. The van der Waals surface area contributed by atoms with Gasteiger partial charge in [0.1, 0.15) is 0 Å². The molecule has 0 saturated heterocycles. The Balaban J connectivity index is 0.00000129. The standard InChI is InChI=1S/C24H34.CH4/c1-23(2)17-10-18(24(23,3)4)22-15(17)8-14-13-9-16(21(14)22)20-12-6-5-11(7-12)19(13)20;/h5-6,11-22H,7-10H2,1-4H3;1H4. The van der Waals surface area contributed by atoms with Crippen LogP contribution in [-0.2, 0) is 0 Å². The lowest BCUT2D eigenvalue weighted by Gasteiger charge is -2.52. The van der Waals surface area contributed by atoms with Crippen molar-refractivity contribution < 1.29 is 0 Å². The fraction of sp³-hybridized carbons (Fsp3) is 0.920. The minimum atomic E-state index is 0. The molecule has 0 heteroatoms. The van der Waals surface area contributed by atoms with Gasteiger partial charge < -0.3 is 0 Å². The Morgan fingerprint density at radius 2 is 1.12 bits per heavy atom. The summed E-state index contributed by atoms with van der Waals surface area (Å²) in [6.07, 6.45) is 11.7. The molecule has 7 aliphatic carbocycles. The van der Waals surface area contributed by atoms with Crippen molar-refractivity contribution in [2.24, 2.45) is 81.8 Å². The Hall–Kier alpha value is -0.260. The molecule has 6 fully saturated rings. The lowest BCUT2D eigenvalue weighted by atomic mass is 9.52. The molecule has 0 amide bonds. The van der Waals surface area contributed by atoms with Crippen LogP contribution in [0, 0.1) is 81.8 Å². The first-order valence-electron chi connectivity index (χ1n) is 11.1. The Labute approximate surface area is 155 Å². The molecule has 0 nitrogen and oxygen atoms in total. The molecule has 0 aromatic heterocycles. The average Bonchev–Trinajstić information content (AvgIpc) is 3.28. The molecular formula is C25H38. The van der Waals surface area contributed by atoms with Crippen molar-refractivity contribution in [3.8, 4) is 0 Å². The molecule has 6 saturated carbocycles. The zero-order valence-corrected chi connectivity index (χ0v) is 15.9. The normalized spacial score (nSPS) is 65.1. The second kappa shape index (κ2) is 4.25. The molecule has 12 atom stereocenters. The predicted molar refractivity (Wildman–Crippen MR) is 104 cm³/mol.